The first-order valence-electron chi connectivity index (χ1n) is 6.76. The van der Waals surface area contributed by atoms with Gasteiger partial charge in [-0.3, -0.25) is 0 Å². The summed E-state index contributed by atoms with van der Waals surface area (Å²) in [5.41, 5.74) is 8.85. The SMILES string of the molecule is Cc1ccc2ccccc2c1C(N)c1ccc(F)c(F)c1. The molecule has 1 atom stereocenters. The van der Waals surface area contributed by atoms with Crippen LogP contribution in [0.3, 0.4) is 0 Å². The van der Waals surface area contributed by atoms with Crippen LogP contribution in [-0.4, -0.2) is 0 Å². The minimum atomic E-state index is -0.874. The maximum atomic E-state index is 13.4. The summed E-state index contributed by atoms with van der Waals surface area (Å²) in [5, 5.41) is 2.12. The Kier molecular flexibility index (Phi) is 3.43. The summed E-state index contributed by atoms with van der Waals surface area (Å²) < 4.78 is 26.5. The van der Waals surface area contributed by atoms with Crippen molar-refractivity contribution in [2.45, 2.75) is 13.0 Å². The summed E-state index contributed by atoms with van der Waals surface area (Å²) in [4.78, 5) is 0. The van der Waals surface area contributed by atoms with Crippen molar-refractivity contribution in [3.05, 3.63) is 82.9 Å². The van der Waals surface area contributed by atoms with Gasteiger partial charge in [-0.05, 0) is 46.5 Å². The van der Waals surface area contributed by atoms with Gasteiger partial charge in [0.05, 0.1) is 6.04 Å². The molecule has 21 heavy (non-hydrogen) atoms. The van der Waals surface area contributed by atoms with E-state index in [1.165, 1.54) is 12.1 Å². The summed E-state index contributed by atoms with van der Waals surface area (Å²) in [6.45, 7) is 1.97. The van der Waals surface area contributed by atoms with Crippen LogP contribution in [0.1, 0.15) is 22.7 Å². The zero-order valence-corrected chi connectivity index (χ0v) is 11.6. The van der Waals surface area contributed by atoms with Crippen molar-refractivity contribution < 1.29 is 8.78 Å². The van der Waals surface area contributed by atoms with Crippen molar-refractivity contribution >= 4 is 10.8 Å². The van der Waals surface area contributed by atoms with Crippen LogP contribution in [-0.2, 0) is 0 Å². The van der Waals surface area contributed by atoms with E-state index in [1.54, 1.807) is 0 Å². The Morgan fingerprint density at radius 3 is 2.43 bits per heavy atom. The van der Waals surface area contributed by atoms with Crippen LogP contribution in [0.15, 0.2) is 54.6 Å². The Morgan fingerprint density at radius 1 is 0.905 bits per heavy atom. The van der Waals surface area contributed by atoms with E-state index in [0.717, 1.165) is 28.0 Å². The first-order valence-corrected chi connectivity index (χ1v) is 6.76. The van der Waals surface area contributed by atoms with Gasteiger partial charge < -0.3 is 5.73 Å². The summed E-state index contributed by atoms with van der Waals surface area (Å²) in [7, 11) is 0. The summed E-state index contributed by atoms with van der Waals surface area (Å²) in [6, 6.07) is 15.3. The van der Waals surface area contributed by atoms with Crippen LogP contribution in [0.25, 0.3) is 10.8 Å². The maximum Gasteiger partial charge on any atom is 0.159 e. The van der Waals surface area contributed by atoms with Crippen LogP contribution in [0.2, 0.25) is 0 Å². The molecule has 0 bridgehead atoms. The Hall–Kier alpha value is -2.26. The van der Waals surface area contributed by atoms with Gasteiger partial charge in [-0.2, -0.15) is 0 Å². The van der Waals surface area contributed by atoms with E-state index < -0.39 is 17.7 Å². The summed E-state index contributed by atoms with van der Waals surface area (Å²) in [5.74, 6) is -1.73. The lowest BCUT2D eigenvalue weighted by molar-refractivity contribution is 0.506. The number of halogens is 2. The molecule has 0 saturated carbocycles. The fourth-order valence-corrected chi connectivity index (χ4v) is 2.69. The minimum Gasteiger partial charge on any atom is -0.320 e. The van der Waals surface area contributed by atoms with Crippen molar-refractivity contribution in [2.75, 3.05) is 0 Å². The number of aryl methyl sites for hydroxylation is 1. The topological polar surface area (TPSA) is 26.0 Å². The number of rotatable bonds is 2. The third kappa shape index (κ3) is 2.41. The van der Waals surface area contributed by atoms with Crippen molar-refractivity contribution in [3.63, 3.8) is 0 Å². The second-order valence-electron chi connectivity index (χ2n) is 5.17. The number of hydrogen-bond donors (Lipinski definition) is 1. The van der Waals surface area contributed by atoms with E-state index in [2.05, 4.69) is 0 Å². The number of nitrogens with two attached hydrogens (primary N) is 1. The smallest absolute Gasteiger partial charge is 0.159 e. The predicted molar refractivity (Wildman–Crippen MR) is 81.1 cm³/mol. The summed E-state index contributed by atoms with van der Waals surface area (Å²) in [6.07, 6.45) is 0. The van der Waals surface area contributed by atoms with E-state index in [0.29, 0.717) is 5.56 Å². The molecule has 2 N–H and O–H groups in total. The highest BCUT2D eigenvalue weighted by atomic mass is 19.2. The molecule has 1 nitrogen and oxygen atoms in total. The van der Waals surface area contributed by atoms with Gasteiger partial charge in [0.25, 0.3) is 0 Å². The third-order valence-corrected chi connectivity index (χ3v) is 3.80. The maximum absolute atomic E-state index is 13.4. The molecule has 0 amide bonds. The molecule has 0 aliphatic rings. The third-order valence-electron chi connectivity index (χ3n) is 3.80. The highest BCUT2D eigenvalue weighted by molar-refractivity contribution is 5.87. The van der Waals surface area contributed by atoms with E-state index in [-0.39, 0.29) is 0 Å². The van der Waals surface area contributed by atoms with Crippen LogP contribution in [0.5, 0.6) is 0 Å². The van der Waals surface area contributed by atoms with Gasteiger partial charge in [-0.1, -0.05) is 42.5 Å². The molecule has 0 aliphatic heterocycles. The molecule has 3 aromatic carbocycles. The first kappa shape index (κ1) is 13.7. The van der Waals surface area contributed by atoms with Gasteiger partial charge in [0.2, 0.25) is 0 Å². The minimum absolute atomic E-state index is 0.494. The van der Waals surface area contributed by atoms with E-state index in [1.807, 2.05) is 43.3 Å². The first-order chi connectivity index (χ1) is 10.1. The van der Waals surface area contributed by atoms with E-state index in [9.17, 15) is 8.78 Å². The van der Waals surface area contributed by atoms with Crippen molar-refractivity contribution in [2.24, 2.45) is 5.73 Å². The lowest BCUT2D eigenvalue weighted by atomic mass is 9.91. The Bertz CT molecular complexity index is 811. The average Bonchev–Trinajstić information content (AvgIpc) is 2.49. The molecule has 3 rings (SSSR count). The molecule has 0 radical (unpaired) electrons. The highest BCUT2D eigenvalue weighted by Gasteiger charge is 2.16. The lowest BCUT2D eigenvalue weighted by Gasteiger charge is -2.18. The standard InChI is InChI=1S/C18H15F2N/c1-11-6-7-12-4-2-3-5-14(12)17(11)18(21)13-8-9-15(19)16(20)10-13/h2-10,18H,21H2,1H3. The molecule has 0 spiro atoms. The molecule has 0 aliphatic carbocycles. The number of benzene rings is 3. The van der Waals surface area contributed by atoms with Gasteiger partial charge in [0, 0.05) is 0 Å². The van der Waals surface area contributed by atoms with E-state index >= 15 is 0 Å². The van der Waals surface area contributed by atoms with Gasteiger partial charge in [0.1, 0.15) is 0 Å². The average molecular weight is 283 g/mol. The molecular formula is C18H15F2N. The molecule has 0 heterocycles. The molecule has 1 unspecified atom stereocenters. The molecule has 106 valence electrons. The Labute approximate surface area is 122 Å². The molecule has 0 aromatic heterocycles. The molecule has 3 aromatic rings. The van der Waals surface area contributed by atoms with Crippen molar-refractivity contribution in [1.82, 2.24) is 0 Å². The van der Waals surface area contributed by atoms with E-state index in [4.69, 9.17) is 5.73 Å². The van der Waals surface area contributed by atoms with Gasteiger partial charge in [0.15, 0.2) is 11.6 Å². The predicted octanol–water partition coefficient (Wildman–Crippen LogP) is 4.47. The summed E-state index contributed by atoms with van der Waals surface area (Å²) >= 11 is 0. The van der Waals surface area contributed by atoms with Crippen molar-refractivity contribution in [1.29, 1.82) is 0 Å². The number of hydrogen-bond acceptors (Lipinski definition) is 1. The number of fused-ring (bicyclic) bond motifs is 1. The second kappa shape index (κ2) is 5.26. The van der Waals surface area contributed by atoms with Gasteiger partial charge >= 0.3 is 0 Å². The zero-order chi connectivity index (χ0) is 15.0. The van der Waals surface area contributed by atoms with Crippen LogP contribution < -0.4 is 5.73 Å². The quantitative estimate of drug-likeness (QED) is 0.737. The highest BCUT2D eigenvalue weighted by Crippen LogP contribution is 2.30. The molecular weight excluding hydrogens is 268 g/mol. The van der Waals surface area contributed by atoms with Crippen LogP contribution in [0, 0.1) is 18.6 Å². The largest absolute Gasteiger partial charge is 0.320 e. The molecule has 0 fully saturated rings. The Morgan fingerprint density at radius 2 is 1.67 bits per heavy atom. The van der Waals surface area contributed by atoms with Gasteiger partial charge in [-0.25, -0.2) is 8.78 Å². The van der Waals surface area contributed by atoms with Gasteiger partial charge in [-0.15, -0.1) is 0 Å². The zero-order valence-electron chi connectivity index (χ0n) is 11.6. The second-order valence-corrected chi connectivity index (χ2v) is 5.17. The fraction of sp³-hybridized carbons (Fsp3) is 0.111. The fourth-order valence-electron chi connectivity index (χ4n) is 2.69. The van der Waals surface area contributed by atoms with Crippen molar-refractivity contribution in [3.8, 4) is 0 Å². The normalized spacial score (nSPS) is 12.6. The monoisotopic (exact) mass is 283 g/mol. The van der Waals surface area contributed by atoms with Crippen LogP contribution >= 0.6 is 0 Å². The lowest BCUT2D eigenvalue weighted by Crippen LogP contribution is -2.14. The van der Waals surface area contributed by atoms with Crippen LogP contribution in [0.4, 0.5) is 8.78 Å². The molecule has 3 heteroatoms. The Balaban J connectivity index is 2.19. The molecule has 0 saturated heterocycles.